The molecule has 0 saturated heterocycles. The number of amides is 1. The first kappa shape index (κ1) is 23.2. The lowest BCUT2D eigenvalue weighted by molar-refractivity contribution is -0.147. The fourth-order valence-electron chi connectivity index (χ4n) is 2.31. The number of carbonyl (C=O) groups is 2. The zero-order valence-corrected chi connectivity index (χ0v) is 17.9. The van der Waals surface area contributed by atoms with Crippen LogP contribution in [0.5, 0.6) is 11.5 Å². The van der Waals surface area contributed by atoms with Crippen LogP contribution in [-0.4, -0.2) is 57.2 Å². The molecule has 1 aromatic carbocycles. The first-order valence-corrected chi connectivity index (χ1v) is 10.3. The molecule has 1 amide bonds. The van der Waals surface area contributed by atoms with Crippen LogP contribution >= 0.6 is 0 Å². The predicted octanol–water partition coefficient (Wildman–Crippen LogP) is 0.596. The third kappa shape index (κ3) is 6.46. The highest BCUT2D eigenvalue weighted by Crippen LogP contribution is 2.25. The van der Waals surface area contributed by atoms with Gasteiger partial charge in [-0.1, -0.05) is 0 Å². The van der Waals surface area contributed by atoms with Gasteiger partial charge in [-0.05, 0) is 6.92 Å². The van der Waals surface area contributed by atoms with Crippen LogP contribution in [0, 0.1) is 6.92 Å². The number of esters is 1. The smallest absolute Gasteiger partial charge is 0.307 e. The number of anilines is 1. The summed E-state index contributed by atoms with van der Waals surface area (Å²) in [6.07, 6.45) is 1.12. The second-order valence-corrected chi connectivity index (χ2v) is 7.91. The monoisotopic (exact) mass is 440 g/mol. The maximum absolute atomic E-state index is 12.1. The van der Waals surface area contributed by atoms with Crippen LogP contribution in [-0.2, 0) is 31.4 Å². The van der Waals surface area contributed by atoms with Crippen LogP contribution in [0.15, 0.2) is 29.4 Å². The van der Waals surface area contributed by atoms with Crippen molar-refractivity contribution in [1.29, 1.82) is 0 Å². The van der Waals surface area contributed by atoms with E-state index < -0.39 is 28.5 Å². The fraction of sp³-hybridized carbons (Fsp3) is 0.389. The van der Waals surface area contributed by atoms with Crippen molar-refractivity contribution in [2.45, 2.75) is 18.4 Å². The lowest BCUT2D eigenvalue weighted by Crippen LogP contribution is -2.28. The Kier molecular flexibility index (Phi) is 7.78. The second kappa shape index (κ2) is 10.1. The number of ether oxygens (including phenoxy) is 3. The Morgan fingerprint density at radius 1 is 1.13 bits per heavy atom. The molecule has 0 atom stereocenters. The lowest BCUT2D eigenvalue weighted by Gasteiger charge is -2.10. The number of sulfonamides is 1. The number of hydrogen-bond donors (Lipinski definition) is 2. The predicted molar refractivity (Wildman–Crippen MR) is 107 cm³/mol. The molecule has 0 aliphatic carbocycles. The third-order valence-corrected chi connectivity index (χ3v) is 5.31. The van der Waals surface area contributed by atoms with Crippen LogP contribution in [0.25, 0.3) is 0 Å². The topological polar surface area (TPSA) is 138 Å². The van der Waals surface area contributed by atoms with Gasteiger partial charge in [0.1, 0.15) is 17.3 Å². The number of aryl methyl sites for hydroxylation is 2. The molecule has 1 aromatic heterocycles. The van der Waals surface area contributed by atoms with Crippen molar-refractivity contribution in [3.8, 4) is 11.5 Å². The van der Waals surface area contributed by atoms with Crippen molar-refractivity contribution < 1.29 is 32.2 Å². The molecular weight excluding hydrogens is 416 g/mol. The average molecular weight is 440 g/mol. The van der Waals surface area contributed by atoms with Gasteiger partial charge in [-0.15, -0.1) is 0 Å². The van der Waals surface area contributed by atoms with Gasteiger partial charge in [0.05, 0.1) is 20.6 Å². The first-order valence-electron chi connectivity index (χ1n) is 8.82. The van der Waals surface area contributed by atoms with Crippen LogP contribution in [0.2, 0.25) is 0 Å². The summed E-state index contributed by atoms with van der Waals surface area (Å²) in [7, 11) is 0.792. The fourth-order valence-corrected chi connectivity index (χ4v) is 3.38. The van der Waals surface area contributed by atoms with Gasteiger partial charge in [-0.3, -0.25) is 9.59 Å². The van der Waals surface area contributed by atoms with Gasteiger partial charge in [0, 0.05) is 43.7 Å². The first-order chi connectivity index (χ1) is 14.1. The number of aromatic nitrogens is 2. The molecule has 0 spiro atoms. The number of imidazole rings is 1. The molecule has 0 bridgehead atoms. The molecule has 0 aliphatic rings. The molecule has 2 aromatic rings. The van der Waals surface area contributed by atoms with E-state index in [1.807, 2.05) is 0 Å². The molecule has 0 radical (unpaired) electrons. The Bertz CT molecular complexity index is 976. The van der Waals surface area contributed by atoms with Crippen LogP contribution in [0.3, 0.4) is 0 Å². The summed E-state index contributed by atoms with van der Waals surface area (Å²) in [5.74, 6) is 0.208. The maximum Gasteiger partial charge on any atom is 0.307 e. The zero-order chi connectivity index (χ0) is 22.3. The van der Waals surface area contributed by atoms with Gasteiger partial charge in [0.15, 0.2) is 11.6 Å². The van der Waals surface area contributed by atoms with E-state index in [4.69, 9.17) is 14.2 Å². The molecule has 2 N–H and O–H groups in total. The average Bonchev–Trinajstić information content (AvgIpc) is 3.05. The van der Waals surface area contributed by atoms with Gasteiger partial charge in [0.25, 0.3) is 15.9 Å². The van der Waals surface area contributed by atoms with Crippen molar-refractivity contribution in [1.82, 2.24) is 14.3 Å². The Labute approximate surface area is 174 Å². The van der Waals surface area contributed by atoms with E-state index in [-0.39, 0.29) is 18.0 Å². The summed E-state index contributed by atoms with van der Waals surface area (Å²) in [6, 6.07) is 4.80. The Hall–Kier alpha value is -3.12. The summed E-state index contributed by atoms with van der Waals surface area (Å²) < 4.78 is 43.2. The number of nitrogens with one attached hydrogen (secondary N) is 2. The number of methoxy groups -OCH3 is 2. The minimum atomic E-state index is -3.84. The summed E-state index contributed by atoms with van der Waals surface area (Å²) in [5, 5.41) is 2.42. The summed E-state index contributed by atoms with van der Waals surface area (Å²) in [5.41, 5.74) is 0.408. The summed E-state index contributed by atoms with van der Waals surface area (Å²) in [4.78, 5) is 27.7. The number of hydrogen-bond acceptors (Lipinski definition) is 8. The standard InChI is InChI=1S/C18H24N4O7S/c1-12-20-17(10-22(12)2)30(25,26)19-6-5-18(24)29-11-16(23)21-13-7-14(27-3)9-15(8-13)28-4/h7-10,19H,5-6,11H2,1-4H3,(H,21,23). The molecule has 0 saturated carbocycles. The maximum atomic E-state index is 12.1. The van der Waals surface area contributed by atoms with E-state index in [9.17, 15) is 18.0 Å². The largest absolute Gasteiger partial charge is 0.497 e. The number of rotatable bonds is 10. The van der Waals surface area contributed by atoms with Crippen molar-refractivity contribution in [2.24, 2.45) is 7.05 Å². The number of nitrogens with zero attached hydrogens (tertiary/aromatic N) is 2. The van der Waals surface area contributed by atoms with Gasteiger partial charge in [-0.2, -0.15) is 0 Å². The normalized spacial score (nSPS) is 11.1. The van der Waals surface area contributed by atoms with Crippen LogP contribution < -0.4 is 19.5 Å². The minimum absolute atomic E-state index is 0.135. The molecule has 2 rings (SSSR count). The molecule has 30 heavy (non-hydrogen) atoms. The van der Waals surface area contributed by atoms with E-state index in [1.54, 1.807) is 36.7 Å². The highest BCUT2D eigenvalue weighted by Gasteiger charge is 2.19. The molecular formula is C18H24N4O7S. The summed E-state index contributed by atoms with van der Waals surface area (Å²) >= 11 is 0. The van der Waals surface area contributed by atoms with Crippen LogP contribution in [0.4, 0.5) is 5.69 Å². The highest BCUT2D eigenvalue weighted by atomic mass is 32.2. The minimum Gasteiger partial charge on any atom is -0.497 e. The van der Waals surface area contributed by atoms with E-state index in [1.165, 1.54) is 20.4 Å². The van der Waals surface area contributed by atoms with Gasteiger partial charge < -0.3 is 24.1 Å². The zero-order valence-electron chi connectivity index (χ0n) is 17.1. The van der Waals surface area contributed by atoms with Gasteiger partial charge in [-0.25, -0.2) is 18.1 Å². The molecule has 11 nitrogen and oxygen atoms in total. The van der Waals surface area contributed by atoms with Crippen molar-refractivity contribution in [3.05, 3.63) is 30.2 Å². The lowest BCUT2D eigenvalue weighted by atomic mass is 10.2. The molecule has 0 aliphatic heterocycles. The highest BCUT2D eigenvalue weighted by molar-refractivity contribution is 7.89. The number of carbonyl (C=O) groups excluding carboxylic acids is 2. The molecule has 12 heteroatoms. The molecule has 1 heterocycles. The Morgan fingerprint density at radius 2 is 1.77 bits per heavy atom. The third-order valence-electron chi connectivity index (χ3n) is 3.98. The van der Waals surface area contributed by atoms with Crippen molar-refractivity contribution in [2.75, 3.05) is 32.7 Å². The van der Waals surface area contributed by atoms with Gasteiger partial charge >= 0.3 is 5.97 Å². The molecule has 164 valence electrons. The van der Waals surface area contributed by atoms with Gasteiger partial charge in [0.2, 0.25) is 0 Å². The quantitative estimate of drug-likeness (QED) is 0.512. The van der Waals surface area contributed by atoms with Crippen molar-refractivity contribution in [3.63, 3.8) is 0 Å². The second-order valence-electron chi connectivity index (χ2n) is 6.20. The van der Waals surface area contributed by atoms with Crippen LogP contribution in [0.1, 0.15) is 12.2 Å². The van der Waals surface area contributed by atoms with E-state index in [2.05, 4.69) is 15.0 Å². The molecule has 0 fully saturated rings. The van der Waals surface area contributed by atoms with E-state index in [0.717, 1.165) is 0 Å². The molecule has 0 unspecified atom stereocenters. The SMILES string of the molecule is COc1cc(NC(=O)COC(=O)CCNS(=O)(=O)c2cn(C)c(C)n2)cc(OC)c1. The van der Waals surface area contributed by atoms with E-state index in [0.29, 0.717) is 23.0 Å². The number of benzene rings is 1. The van der Waals surface area contributed by atoms with Crippen molar-refractivity contribution >= 4 is 27.6 Å². The summed E-state index contributed by atoms with van der Waals surface area (Å²) in [6.45, 7) is 0.957. The van der Waals surface area contributed by atoms with E-state index >= 15 is 0 Å². The Morgan fingerprint density at radius 3 is 2.30 bits per heavy atom. The Balaban J connectivity index is 1.78.